The number of aromatic hydroxyl groups is 1. The highest BCUT2D eigenvalue weighted by molar-refractivity contribution is 6.34. The summed E-state index contributed by atoms with van der Waals surface area (Å²) < 4.78 is 0. The van der Waals surface area contributed by atoms with Crippen LogP contribution in [0.4, 0.5) is 11.4 Å². The van der Waals surface area contributed by atoms with E-state index in [2.05, 4.69) is 10.6 Å². The number of fused-ring (bicyclic) bond motifs is 1. The van der Waals surface area contributed by atoms with E-state index in [-0.39, 0.29) is 11.7 Å². The zero-order valence-corrected chi connectivity index (χ0v) is 12.4. The van der Waals surface area contributed by atoms with E-state index in [9.17, 15) is 9.90 Å². The summed E-state index contributed by atoms with van der Waals surface area (Å²) in [6.07, 6.45) is 0.351. The molecule has 4 nitrogen and oxygen atoms in total. The second kappa shape index (κ2) is 5.47. The summed E-state index contributed by atoms with van der Waals surface area (Å²) in [5, 5.41) is 16.6. The van der Waals surface area contributed by atoms with Gasteiger partial charge in [0.15, 0.2) is 0 Å². The largest absolute Gasteiger partial charge is 0.506 e. The average molecular weight is 323 g/mol. The third-order valence-electron chi connectivity index (χ3n) is 3.36. The van der Waals surface area contributed by atoms with E-state index in [1.165, 1.54) is 0 Å². The number of anilines is 2. The molecule has 2 aromatic carbocycles. The van der Waals surface area contributed by atoms with Gasteiger partial charge in [-0.2, -0.15) is 0 Å². The monoisotopic (exact) mass is 322 g/mol. The van der Waals surface area contributed by atoms with E-state index in [0.717, 1.165) is 11.3 Å². The first-order valence-corrected chi connectivity index (χ1v) is 7.12. The molecule has 1 aliphatic heterocycles. The first kappa shape index (κ1) is 14.0. The second-order valence-electron chi connectivity index (χ2n) is 4.82. The van der Waals surface area contributed by atoms with E-state index in [0.29, 0.717) is 34.3 Å². The fourth-order valence-corrected chi connectivity index (χ4v) is 2.70. The Kier molecular flexibility index (Phi) is 3.66. The van der Waals surface area contributed by atoms with Crippen molar-refractivity contribution in [1.29, 1.82) is 0 Å². The summed E-state index contributed by atoms with van der Waals surface area (Å²) in [6, 6.07) is 8.74. The summed E-state index contributed by atoms with van der Waals surface area (Å²) in [5.74, 6) is 0.0199. The van der Waals surface area contributed by atoms with Crippen LogP contribution in [0.15, 0.2) is 30.3 Å². The molecule has 0 unspecified atom stereocenters. The molecule has 0 radical (unpaired) electrons. The van der Waals surface area contributed by atoms with Gasteiger partial charge >= 0.3 is 0 Å². The first-order valence-electron chi connectivity index (χ1n) is 6.37. The van der Waals surface area contributed by atoms with Crippen molar-refractivity contribution in [3.8, 4) is 5.75 Å². The van der Waals surface area contributed by atoms with Crippen molar-refractivity contribution >= 4 is 40.5 Å². The number of phenols is 1. The van der Waals surface area contributed by atoms with Crippen LogP contribution in [0.1, 0.15) is 11.1 Å². The fourth-order valence-electron chi connectivity index (χ4n) is 2.28. The van der Waals surface area contributed by atoms with E-state index < -0.39 is 0 Å². The van der Waals surface area contributed by atoms with Crippen molar-refractivity contribution in [3.05, 3.63) is 51.5 Å². The Balaban J connectivity index is 1.81. The van der Waals surface area contributed by atoms with Crippen LogP contribution < -0.4 is 10.6 Å². The number of amides is 1. The maximum absolute atomic E-state index is 11.4. The molecule has 1 aliphatic rings. The van der Waals surface area contributed by atoms with Crippen molar-refractivity contribution in [3.63, 3.8) is 0 Å². The summed E-state index contributed by atoms with van der Waals surface area (Å²) in [7, 11) is 0. The summed E-state index contributed by atoms with van der Waals surface area (Å²) >= 11 is 12.1. The highest BCUT2D eigenvalue weighted by Crippen LogP contribution is 2.34. The van der Waals surface area contributed by atoms with E-state index in [4.69, 9.17) is 23.2 Å². The van der Waals surface area contributed by atoms with Crippen LogP contribution in [0.2, 0.25) is 10.0 Å². The Morgan fingerprint density at radius 3 is 2.86 bits per heavy atom. The molecule has 3 rings (SSSR count). The van der Waals surface area contributed by atoms with Gasteiger partial charge in [0.05, 0.1) is 22.2 Å². The van der Waals surface area contributed by atoms with Gasteiger partial charge in [-0.15, -0.1) is 0 Å². The molecule has 108 valence electrons. The third-order valence-corrected chi connectivity index (χ3v) is 3.98. The number of rotatable bonds is 3. The molecule has 6 heteroatoms. The van der Waals surface area contributed by atoms with Gasteiger partial charge in [-0.05, 0) is 23.8 Å². The molecule has 0 saturated carbocycles. The predicted molar refractivity (Wildman–Crippen MR) is 84.2 cm³/mol. The quantitative estimate of drug-likeness (QED) is 0.805. The van der Waals surface area contributed by atoms with Crippen LogP contribution in [0.5, 0.6) is 5.75 Å². The maximum atomic E-state index is 11.4. The lowest BCUT2D eigenvalue weighted by atomic mass is 10.1. The number of phenolic OH excluding ortho intramolecular Hbond substituents is 1. The smallest absolute Gasteiger partial charge is 0.228 e. The molecule has 0 fully saturated rings. The molecule has 1 amide bonds. The van der Waals surface area contributed by atoms with Gasteiger partial charge in [0.2, 0.25) is 5.91 Å². The van der Waals surface area contributed by atoms with Crippen molar-refractivity contribution in [1.82, 2.24) is 0 Å². The molecule has 1 heterocycles. The maximum Gasteiger partial charge on any atom is 0.228 e. The van der Waals surface area contributed by atoms with Gasteiger partial charge < -0.3 is 15.7 Å². The van der Waals surface area contributed by atoms with E-state index in [1.807, 2.05) is 6.07 Å². The van der Waals surface area contributed by atoms with Crippen LogP contribution in [-0.4, -0.2) is 11.0 Å². The number of para-hydroxylation sites is 1. The molecular weight excluding hydrogens is 311 g/mol. The van der Waals surface area contributed by atoms with Crippen LogP contribution in [0, 0.1) is 0 Å². The summed E-state index contributed by atoms with van der Waals surface area (Å²) in [4.78, 5) is 11.4. The zero-order chi connectivity index (χ0) is 15.0. The highest BCUT2D eigenvalue weighted by Gasteiger charge is 2.19. The van der Waals surface area contributed by atoms with Crippen molar-refractivity contribution in [2.75, 3.05) is 10.6 Å². The number of hydrogen-bond acceptors (Lipinski definition) is 3. The Labute approximate surface area is 131 Å². The van der Waals surface area contributed by atoms with Gasteiger partial charge in [-0.25, -0.2) is 0 Å². The van der Waals surface area contributed by atoms with Gasteiger partial charge in [0.25, 0.3) is 0 Å². The lowest BCUT2D eigenvalue weighted by Gasteiger charge is -2.12. The van der Waals surface area contributed by atoms with Crippen LogP contribution >= 0.6 is 23.2 Å². The number of carbonyl (C=O) groups excluding carboxylic acids is 1. The van der Waals surface area contributed by atoms with E-state index >= 15 is 0 Å². The van der Waals surface area contributed by atoms with Crippen molar-refractivity contribution < 1.29 is 9.90 Å². The number of nitrogens with one attached hydrogen (secondary N) is 2. The Hall–Kier alpha value is -1.91. The molecule has 2 aromatic rings. The minimum absolute atomic E-state index is 0.0364. The number of hydrogen-bond donors (Lipinski definition) is 3. The topological polar surface area (TPSA) is 61.4 Å². The van der Waals surface area contributed by atoms with Crippen LogP contribution in [-0.2, 0) is 17.8 Å². The number of carbonyl (C=O) groups is 1. The number of benzene rings is 2. The van der Waals surface area contributed by atoms with Gasteiger partial charge in [0.1, 0.15) is 5.75 Å². The zero-order valence-electron chi connectivity index (χ0n) is 10.9. The average Bonchev–Trinajstić information content (AvgIpc) is 2.79. The van der Waals surface area contributed by atoms with Crippen LogP contribution in [0.25, 0.3) is 0 Å². The molecule has 0 aliphatic carbocycles. The number of halogens is 2. The lowest BCUT2D eigenvalue weighted by Crippen LogP contribution is -2.03. The Bertz CT molecular complexity index is 732. The van der Waals surface area contributed by atoms with Gasteiger partial charge in [0, 0.05) is 17.8 Å². The normalized spacial score (nSPS) is 13.0. The molecule has 21 heavy (non-hydrogen) atoms. The molecule has 0 atom stereocenters. The van der Waals surface area contributed by atoms with Crippen molar-refractivity contribution in [2.24, 2.45) is 0 Å². The molecule has 0 saturated heterocycles. The minimum Gasteiger partial charge on any atom is -0.506 e. The Morgan fingerprint density at radius 2 is 2.05 bits per heavy atom. The third kappa shape index (κ3) is 2.77. The van der Waals surface area contributed by atoms with Crippen LogP contribution in [0.3, 0.4) is 0 Å². The summed E-state index contributed by atoms with van der Waals surface area (Å²) in [5.41, 5.74) is 3.04. The Morgan fingerprint density at radius 1 is 1.24 bits per heavy atom. The summed E-state index contributed by atoms with van der Waals surface area (Å²) in [6.45, 7) is 0.381. The fraction of sp³-hybridized carbons (Fsp3) is 0.133. The molecule has 0 spiro atoms. The van der Waals surface area contributed by atoms with E-state index in [1.54, 1.807) is 24.3 Å². The molecule has 0 bridgehead atoms. The standard InChI is InChI=1S/C15H12Cl2N2O2/c16-10-3-1-2-8(15(10)21)7-18-13-4-9-5-14(20)19-12(9)6-11(13)17/h1-4,6,18,21H,5,7H2,(H,19,20). The first-order chi connectivity index (χ1) is 10.0. The molecule has 0 aromatic heterocycles. The lowest BCUT2D eigenvalue weighted by molar-refractivity contribution is -0.115. The van der Waals surface area contributed by atoms with Gasteiger partial charge in [-0.1, -0.05) is 35.3 Å². The molecular formula is C15H12Cl2N2O2. The minimum atomic E-state index is -0.0364. The SMILES string of the molecule is O=C1Cc2cc(NCc3cccc(Cl)c3O)c(Cl)cc2N1. The van der Waals surface area contributed by atoms with Gasteiger partial charge in [-0.3, -0.25) is 4.79 Å². The molecule has 3 N–H and O–H groups in total. The predicted octanol–water partition coefficient (Wildman–Crippen LogP) is 3.81. The highest BCUT2D eigenvalue weighted by atomic mass is 35.5. The second-order valence-corrected chi connectivity index (χ2v) is 5.63. The van der Waals surface area contributed by atoms with Crippen molar-refractivity contribution in [2.45, 2.75) is 13.0 Å².